The van der Waals surface area contributed by atoms with Gasteiger partial charge in [-0.3, -0.25) is 0 Å². The van der Waals surface area contributed by atoms with Crippen molar-refractivity contribution in [3.8, 4) is 5.75 Å². The molecule has 0 bridgehead atoms. The molecular weight excluding hydrogens is 628 g/mol. The first kappa shape index (κ1) is 32.9. The zero-order valence-corrected chi connectivity index (χ0v) is 27.6. The van der Waals surface area contributed by atoms with E-state index in [2.05, 4.69) is 40.9 Å². The van der Waals surface area contributed by atoms with Gasteiger partial charge in [0.2, 0.25) is 0 Å². The molecule has 0 aliphatic heterocycles. The number of fused-ring (bicyclic) bond motifs is 1. The maximum atomic E-state index is 11.4. The number of aromatic hydroxyl groups is 1. The quantitative estimate of drug-likeness (QED) is 0.0789. The Morgan fingerprint density at radius 1 is 0.460 bits per heavy atom. The Bertz CT molecular complexity index is 2180. The molecule has 0 amide bonds. The molecule has 0 aliphatic rings. The molecule has 6 aromatic rings. The van der Waals surface area contributed by atoms with Gasteiger partial charge in [-0.15, -0.1) is 20.5 Å². The van der Waals surface area contributed by atoms with Crippen LogP contribution in [0, 0.1) is 20.8 Å². The summed E-state index contributed by atoms with van der Waals surface area (Å²) in [4.78, 5) is 0. The number of benzene rings is 6. The molecule has 0 fully saturated rings. The first-order valence-corrected chi connectivity index (χ1v) is 15.5. The largest absolute Gasteiger partial charge is 0.505 e. The average molecular weight is 663 g/mol. The Morgan fingerprint density at radius 3 is 1.40 bits per heavy atom. The van der Waals surface area contributed by atoms with Crippen molar-refractivity contribution in [3.05, 3.63) is 114 Å². The molecule has 50 heavy (non-hydrogen) atoms. The summed E-state index contributed by atoms with van der Waals surface area (Å²) in [6, 6.07) is 28.5. The number of hydrogen-bond donors (Lipinski definition) is 5. The summed E-state index contributed by atoms with van der Waals surface area (Å²) in [5.74, 6) is -0.104. The van der Waals surface area contributed by atoms with Gasteiger partial charge in [-0.25, -0.2) is 0 Å². The molecular formula is C37H34N12O. The zero-order chi connectivity index (χ0) is 35.4. The van der Waals surface area contributed by atoms with Crippen LogP contribution < -0.4 is 22.9 Å². The SMILES string of the molecule is Cc1ccc(N=Nc2ccc(N=Nc3c(C)cc4cc(C)c(N=Nc5ccc(N=Nc6ccc(N)cc6N)cc5)c(O)c4c3N)cc2)c(N)c1. The van der Waals surface area contributed by atoms with E-state index in [0.29, 0.717) is 62.3 Å². The standard InChI is InChI=1S/C37H34N12O/c1-20-4-14-31(29(39)16-20)46-42-25-6-10-27(11-7-25)44-48-35-21(2)17-23-18-22(3)36(37(50)33(23)34(35)41)49-45-28-12-8-26(9-13-28)43-47-32-15-5-24(38)19-30(32)40/h4-19,50H,38-41H2,1-3H3. The van der Waals surface area contributed by atoms with Gasteiger partial charge in [0.15, 0.2) is 5.75 Å². The molecule has 0 aliphatic carbocycles. The van der Waals surface area contributed by atoms with Crippen molar-refractivity contribution in [2.75, 3.05) is 22.9 Å². The Labute approximate surface area is 287 Å². The average Bonchev–Trinajstić information content (AvgIpc) is 3.08. The van der Waals surface area contributed by atoms with Crippen LogP contribution in [0.3, 0.4) is 0 Å². The van der Waals surface area contributed by atoms with Crippen molar-refractivity contribution in [1.29, 1.82) is 0 Å². The summed E-state index contributed by atoms with van der Waals surface area (Å²) in [6.07, 6.45) is 0. The number of phenolic OH excluding ortho intramolecular Hbond substituents is 1. The number of nitrogens with zero attached hydrogens (tertiary/aromatic N) is 8. The van der Waals surface area contributed by atoms with Crippen molar-refractivity contribution in [2.24, 2.45) is 40.9 Å². The third-order valence-electron chi connectivity index (χ3n) is 7.78. The highest BCUT2D eigenvalue weighted by Crippen LogP contribution is 2.46. The summed E-state index contributed by atoms with van der Waals surface area (Å²) in [6.45, 7) is 5.70. The molecule has 248 valence electrons. The van der Waals surface area contributed by atoms with Gasteiger partial charge >= 0.3 is 0 Å². The van der Waals surface area contributed by atoms with Gasteiger partial charge in [0.25, 0.3) is 0 Å². The zero-order valence-electron chi connectivity index (χ0n) is 27.6. The number of nitrogens with two attached hydrogens (primary N) is 4. The van der Waals surface area contributed by atoms with E-state index < -0.39 is 0 Å². The van der Waals surface area contributed by atoms with Crippen molar-refractivity contribution in [1.82, 2.24) is 0 Å². The molecule has 6 aromatic carbocycles. The molecule has 9 N–H and O–H groups in total. The minimum atomic E-state index is -0.104. The molecule has 6 rings (SSSR count). The molecule has 13 heteroatoms. The third-order valence-corrected chi connectivity index (χ3v) is 7.78. The van der Waals surface area contributed by atoms with E-state index in [1.807, 2.05) is 51.1 Å². The van der Waals surface area contributed by atoms with Gasteiger partial charge in [0, 0.05) is 5.69 Å². The first-order valence-electron chi connectivity index (χ1n) is 15.5. The van der Waals surface area contributed by atoms with E-state index in [-0.39, 0.29) is 17.1 Å². The molecule has 0 spiro atoms. The molecule has 13 nitrogen and oxygen atoms in total. The molecule has 0 atom stereocenters. The van der Waals surface area contributed by atoms with Crippen molar-refractivity contribution < 1.29 is 5.11 Å². The van der Waals surface area contributed by atoms with Gasteiger partial charge in [-0.05, 0) is 134 Å². The number of aryl methyl sites for hydroxylation is 3. The summed E-state index contributed by atoms with van der Waals surface area (Å²) in [5, 5.41) is 47.0. The highest BCUT2D eigenvalue weighted by Gasteiger charge is 2.17. The normalized spacial score (nSPS) is 12.0. The van der Waals surface area contributed by atoms with Gasteiger partial charge in [0.05, 0.1) is 45.2 Å². The predicted molar refractivity (Wildman–Crippen MR) is 200 cm³/mol. The van der Waals surface area contributed by atoms with Crippen LogP contribution >= 0.6 is 0 Å². The Balaban J connectivity index is 1.21. The van der Waals surface area contributed by atoms with E-state index in [9.17, 15) is 5.11 Å². The lowest BCUT2D eigenvalue weighted by Crippen LogP contribution is -1.92. The summed E-state index contributed by atoms with van der Waals surface area (Å²) in [7, 11) is 0. The number of rotatable bonds is 8. The van der Waals surface area contributed by atoms with E-state index in [1.165, 1.54) is 0 Å². The van der Waals surface area contributed by atoms with E-state index >= 15 is 0 Å². The smallest absolute Gasteiger partial charge is 0.153 e. The number of phenols is 1. The number of nitrogen functional groups attached to an aromatic ring is 4. The highest BCUT2D eigenvalue weighted by molar-refractivity contribution is 6.06. The van der Waals surface area contributed by atoms with Crippen LogP contribution in [0.4, 0.5) is 68.2 Å². The second-order valence-corrected chi connectivity index (χ2v) is 11.7. The van der Waals surface area contributed by atoms with Gasteiger partial charge in [-0.1, -0.05) is 6.07 Å². The summed E-state index contributed by atoms with van der Waals surface area (Å²) < 4.78 is 0. The minimum Gasteiger partial charge on any atom is -0.505 e. The fourth-order valence-corrected chi connectivity index (χ4v) is 5.14. The Hall–Kier alpha value is -7.02. The van der Waals surface area contributed by atoms with Crippen LogP contribution in [-0.2, 0) is 0 Å². The monoisotopic (exact) mass is 662 g/mol. The Morgan fingerprint density at radius 2 is 0.900 bits per heavy atom. The minimum absolute atomic E-state index is 0.104. The number of azo groups is 4. The van der Waals surface area contributed by atoms with Crippen molar-refractivity contribution in [3.63, 3.8) is 0 Å². The lowest BCUT2D eigenvalue weighted by molar-refractivity contribution is 0.482. The van der Waals surface area contributed by atoms with Crippen LogP contribution in [0.1, 0.15) is 16.7 Å². The van der Waals surface area contributed by atoms with E-state index in [0.717, 1.165) is 22.1 Å². The second-order valence-electron chi connectivity index (χ2n) is 11.7. The number of hydrogen-bond acceptors (Lipinski definition) is 13. The highest BCUT2D eigenvalue weighted by atomic mass is 16.3. The third kappa shape index (κ3) is 7.26. The fraction of sp³-hybridized carbons (Fsp3) is 0.0811. The lowest BCUT2D eigenvalue weighted by Gasteiger charge is -2.13. The number of anilines is 4. The fourth-order valence-electron chi connectivity index (χ4n) is 5.14. The molecule has 0 heterocycles. The summed E-state index contributed by atoms with van der Waals surface area (Å²) in [5.41, 5.74) is 32.9. The lowest BCUT2D eigenvalue weighted by atomic mass is 9.99. The van der Waals surface area contributed by atoms with Crippen LogP contribution in [0.5, 0.6) is 5.75 Å². The maximum Gasteiger partial charge on any atom is 0.153 e. The second kappa shape index (κ2) is 14.0. The van der Waals surface area contributed by atoms with Gasteiger partial charge < -0.3 is 28.0 Å². The van der Waals surface area contributed by atoms with Crippen LogP contribution in [-0.4, -0.2) is 5.11 Å². The van der Waals surface area contributed by atoms with Crippen molar-refractivity contribution in [2.45, 2.75) is 20.8 Å². The molecule has 0 saturated carbocycles. The molecule has 0 radical (unpaired) electrons. The topological polar surface area (TPSA) is 223 Å². The van der Waals surface area contributed by atoms with Crippen LogP contribution in [0.15, 0.2) is 138 Å². The molecule has 0 aromatic heterocycles. The maximum absolute atomic E-state index is 11.4. The first-order chi connectivity index (χ1) is 24.0. The summed E-state index contributed by atoms with van der Waals surface area (Å²) >= 11 is 0. The van der Waals surface area contributed by atoms with Crippen LogP contribution in [0.2, 0.25) is 0 Å². The van der Waals surface area contributed by atoms with E-state index in [1.54, 1.807) is 66.7 Å². The predicted octanol–water partition coefficient (Wildman–Crippen LogP) is 11.5. The van der Waals surface area contributed by atoms with Crippen LogP contribution in [0.25, 0.3) is 10.8 Å². The van der Waals surface area contributed by atoms with Gasteiger partial charge in [-0.2, -0.15) is 20.5 Å². The van der Waals surface area contributed by atoms with Crippen molar-refractivity contribution >= 4 is 79.0 Å². The van der Waals surface area contributed by atoms with Gasteiger partial charge in [0.1, 0.15) is 22.7 Å². The molecule has 0 saturated heterocycles. The Kier molecular flexibility index (Phi) is 9.21. The molecule has 0 unspecified atom stereocenters. The van der Waals surface area contributed by atoms with E-state index in [4.69, 9.17) is 22.9 Å².